The quantitative estimate of drug-likeness (QED) is 0.0797. The smallest absolute Gasteiger partial charge is 0.0443 e. The normalized spacial score (nSPS) is 13.5. The van der Waals surface area contributed by atoms with Crippen LogP contribution in [0.25, 0.3) is 0 Å². The van der Waals surface area contributed by atoms with E-state index in [0.717, 1.165) is 17.8 Å². The van der Waals surface area contributed by atoms with Crippen LogP contribution in [0.15, 0.2) is 0 Å². The van der Waals surface area contributed by atoms with Gasteiger partial charge < -0.3 is 0 Å². The van der Waals surface area contributed by atoms with E-state index < -0.39 is 0 Å². The van der Waals surface area contributed by atoms with Crippen LogP contribution in [0.1, 0.15) is 221 Å². The van der Waals surface area contributed by atoms with Gasteiger partial charge in [-0.1, -0.05) is 221 Å². The number of unbranched alkanes of at least 4 members (excludes halogenated alkanes) is 21. The van der Waals surface area contributed by atoms with Crippen LogP contribution in [0.3, 0.4) is 0 Å². The molecule has 0 amide bonds. The molecule has 0 saturated heterocycles. The van der Waals surface area contributed by atoms with E-state index in [1.54, 1.807) is 0 Å². The van der Waals surface area contributed by atoms with Gasteiger partial charge in [-0.25, -0.2) is 0 Å². The molecular weight excluding hydrogens is 444 g/mol. The molecule has 0 spiro atoms. The number of rotatable bonds is 31. The fourth-order valence-corrected chi connectivity index (χ4v) is 6.07. The van der Waals surface area contributed by atoms with Gasteiger partial charge in [0, 0.05) is 0 Å². The monoisotopic (exact) mass is 521 g/mol. The highest BCUT2D eigenvalue weighted by molar-refractivity contribution is 4.59. The predicted molar refractivity (Wildman–Crippen MR) is 173 cm³/mol. The van der Waals surface area contributed by atoms with E-state index >= 15 is 0 Å². The molecule has 0 aliphatic heterocycles. The van der Waals surface area contributed by atoms with Gasteiger partial charge >= 0.3 is 0 Å². The van der Waals surface area contributed by atoms with Crippen LogP contribution in [-0.4, -0.2) is 0 Å². The van der Waals surface area contributed by atoms with E-state index in [-0.39, 0.29) is 0 Å². The molecule has 0 rings (SSSR count). The molecule has 224 valence electrons. The fraction of sp³-hybridized carbons (Fsp3) is 1.00. The summed E-state index contributed by atoms with van der Waals surface area (Å²) in [5.41, 5.74) is 0. The molecule has 2 unspecified atom stereocenters. The van der Waals surface area contributed by atoms with E-state index in [4.69, 9.17) is 0 Å². The molecular formula is C37H76. The second kappa shape index (κ2) is 30.5. The molecule has 0 radical (unpaired) electrons. The summed E-state index contributed by atoms with van der Waals surface area (Å²) in [7, 11) is 0. The third-order valence-corrected chi connectivity index (χ3v) is 8.92. The second-order valence-electron chi connectivity index (χ2n) is 13.7. The zero-order valence-electron chi connectivity index (χ0n) is 27.2. The van der Waals surface area contributed by atoms with Crippen molar-refractivity contribution >= 4 is 0 Å². The minimum atomic E-state index is 0.891. The van der Waals surface area contributed by atoms with Gasteiger partial charge in [0.05, 0.1) is 0 Å². The van der Waals surface area contributed by atoms with Crippen molar-refractivity contribution in [2.75, 3.05) is 0 Å². The Morgan fingerprint density at radius 3 is 0.757 bits per heavy atom. The highest BCUT2D eigenvalue weighted by atomic mass is 14.1. The average molecular weight is 521 g/mol. The summed E-state index contributed by atoms with van der Waals surface area (Å²) in [4.78, 5) is 0. The van der Waals surface area contributed by atoms with Crippen molar-refractivity contribution in [3.05, 3.63) is 0 Å². The summed E-state index contributed by atoms with van der Waals surface area (Å²) in [6.07, 6.45) is 42.7. The fourth-order valence-electron chi connectivity index (χ4n) is 6.07. The van der Waals surface area contributed by atoms with Gasteiger partial charge in [-0.15, -0.1) is 0 Å². The Hall–Kier alpha value is 0. The summed E-state index contributed by atoms with van der Waals surface area (Å²) in [6, 6.07) is 0. The molecule has 0 aliphatic rings. The largest absolute Gasteiger partial charge is 0.0654 e. The first-order valence-electron chi connectivity index (χ1n) is 18.1. The van der Waals surface area contributed by atoms with Crippen LogP contribution in [0.4, 0.5) is 0 Å². The van der Waals surface area contributed by atoms with Gasteiger partial charge in [-0.3, -0.25) is 0 Å². The Bertz CT molecular complexity index is 397. The Balaban J connectivity index is 3.25. The second-order valence-corrected chi connectivity index (χ2v) is 13.7. The maximum absolute atomic E-state index is 2.51. The molecule has 0 heteroatoms. The summed E-state index contributed by atoms with van der Waals surface area (Å²) in [6.45, 7) is 12.0. The maximum atomic E-state index is 2.51. The van der Waals surface area contributed by atoms with Gasteiger partial charge in [0.25, 0.3) is 0 Å². The molecule has 0 aromatic heterocycles. The standard InChI is InChI=1S/C37H76/c1-6-7-8-9-10-11-12-13-14-15-16-17-18-19-22-26-31-36(4)33-28-24-29-34-37(5)32-27-23-20-21-25-30-35(2)3/h35-37H,6-34H2,1-5H3. The molecule has 0 aromatic carbocycles. The van der Waals surface area contributed by atoms with E-state index in [1.165, 1.54) is 186 Å². The topological polar surface area (TPSA) is 0 Å². The molecule has 0 aliphatic carbocycles. The Labute approximate surface area is 238 Å². The van der Waals surface area contributed by atoms with E-state index in [2.05, 4.69) is 34.6 Å². The first-order chi connectivity index (χ1) is 18.1. The maximum Gasteiger partial charge on any atom is -0.0443 e. The third kappa shape index (κ3) is 32.1. The van der Waals surface area contributed by atoms with Crippen molar-refractivity contribution in [2.45, 2.75) is 221 Å². The molecule has 0 heterocycles. The zero-order valence-corrected chi connectivity index (χ0v) is 27.2. The molecule has 0 nitrogen and oxygen atoms in total. The van der Waals surface area contributed by atoms with Crippen molar-refractivity contribution in [3.8, 4) is 0 Å². The SMILES string of the molecule is CCCCCCCCCCCCCCCCCCC(C)CCCCCC(C)CCCCCCCC(C)C. The molecule has 0 aromatic rings. The lowest BCUT2D eigenvalue weighted by Crippen LogP contribution is -1.97. The first kappa shape index (κ1) is 37.0. The van der Waals surface area contributed by atoms with E-state index in [0.29, 0.717) is 0 Å². The summed E-state index contributed by atoms with van der Waals surface area (Å²) in [5.74, 6) is 2.81. The number of hydrogen-bond acceptors (Lipinski definition) is 0. The Morgan fingerprint density at radius 2 is 0.486 bits per heavy atom. The van der Waals surface area contributed by atoms with Crippen LogP contribution in [0.2, 0.25) is 0 Å². The highest BCUT2D eigenvalue weighted by Crippen LogP contribution is 2.21. The van der Waals surface area contributed by atoms with Crippen molar-refractivity contribution in [2.24, 2.45) is 17.8 Å². The van der Waals surface area contributed by atoms with Crippen LogP contribution < -0.4 is 0 Å². The van der Waals surface area contributed by atoms with Gasteiger partial charge in [-0.05, 0) is 17.8 Å². The minimum Gasteiger partial charge on any atom is -0.0654 e. The summed E-state index contributed by atoms with van der Waals surface area (Å²) >= 11 is 0. The van der Waals surface area contributed by atoms with Gasteiger partial charge in [0.1, 0.15) is 0 Å². The van der Waals surface area contributed by atoms with Crippen molar-refractivity contribution in [3.63, 3.8) is 0 Å². The molecule has 0 N–H and O–H groups in total. The summed E-state index contributed by atoms with van der Waals surface area (Å²) in [5, 5.41) is 0. The molecule has 0 fully saturated rings. The van der Waals surface area contributed by atoms with E-state index in [9.17, 15) is 0 Å². The van der Waals surface area contributed by atoms with Gasteiger partial charge in [0.15, 0.2) is 0 Å². The van der Waals surface area contributed by atoms with Gasteiger partial charge in [-0.2, -0.15) is 0 Å². The third-order valence-electron chi connectivity index (χ3n) is 8.92. The lowest BCUT2D eigenvalue weighted by Gasteiger charge is -2.13. The predicted octanol–water partition coefficient (Wildman–Crippen LogP) is 14.2. The summed E-state index contributed by atoms with van der Waals surface area (Å²) < 4.78 is 0. The average Bonchev–Trinajstić information content (AvgIpc) is 2.87. The van der Waals surface area contributed by atoms with Gasteiger partial charge in [0.2, 0.25) is 0 Å². The van der Waals surface area contributed by atoms with Crippen molar-refractivity contribution < 1.29 is 0 Å². The Kier molecular flexibility index (Phi) is 30.5. The zero-order chi connectivity index (χ0) is 27.2. The molecule has 2 atom stereocenters. The molecule has 37 heavy (non-hydrogen) atoms. The van der Waals surface area contributed by atoms with E-state index in [1.807, 2.05) is 0 Å². The first-order valence-corrected chi connectivity index (χ1v) is 18.1. The minimum absolute atomic E-state index is 0.891. The highest BCUT2D eigenvalue weighted by Gasteiger charge is 2.05. The molecule has 0 bridgehead atoms. The lowest BCUT2D eigenvalue weighted by atomic mass is 9.93. The van der Waals surface area contributed by atoms with Crippen LogP contribution >= 0.6 is 0 Å². The van der Waals surface area contributed by atoms with Crippen molar-refractivity contribution in [1.29, 1.82) is 0 Å². The van der Waals surface area contributed by atoms with Crippen molar-refractivity contribution in [1.82, 2.24) is 0 Å². The van der Waals surface area contributed by atoms with Crippen LogP contribution in [0, 0.1) is 17.8 Å². The lowest BCUT2D eigenvalue weighted by molar-refractivity contribution is 0.406. The Morgan fingerprint density at radius 1 is 0.270 bits per heavy atom. The van der Waals surface area contributed by atoms with Crippen LogP contribution in [0.5, 0.6) is 0 Å². The number of hydrogen-bond donors (Lipinski definition) is 0. The van der Waals surface area contributed by atoms with Crippen LogP contribution in [-0.2, 0) is 0 Å². The molecule has 0 saturated carbocycles.